The van der Waals surface area contributed by atoms with Crippen molar-refractivity contribution >= 4 is 10.8 Å². The average molecular weight is 391 g/mol. The van der Waals surface area contributed by atoms with Crippen molar-refractivity contribution in [2.45, 2.75) is 20.8 Å². The first-order valence-electron chi connectivity index (χ1n) is 10.1. The monoisotopic (exact) mass is 390 g/mol. The molecule has 0 amide bonds. The normalized spacial score (nSPS) is 9.47. The predicted octanol–water partition coefficient (Wildman–Crippen LogP) is 7.11. The molecule has 0 N–H and O–H groups in total. The molecule has 30 heavy (non-hydrogen) atoms. The summed E-state index contributed by atoms with van der Waals surface area (Å²) in [5.41, 5.74) is 4.91. The maximum absolute atomic E-state index is 13.1. The molecule has 4 aromatic carbocycles. The largest absolute Gasteiger partial charge is 0.207 e. The third kappa shape index (κ3) is 5.16. The fraction of sp³-hybridized carbons (Fsp3) is 0.103. The van der Waals surface area contributed by atoms with E-state index in [9.17, 15) is 4.39 Å². The van der Waals surface area contributed by atoms with Crippen LogP contribution in [0.25, 0.3) is 10.8 Å². The highest BCUT2D eigenvalue weighted by Crippen LogP contribution is 2.22. The Labute approximate surface area is 178 Å². The number of aryl methyl sites for hydroxylation is 1. The molecule has 0 radical (unpaired) electrons. The molecule has 0 fully saturated rings. The van der Waals surface area contributed by atoms with Crippen LogP contribution in [-0.4, -0.2) is 0 Å². The molecule has 0 atom stereocenters. The number of rotatable bonds is 0. The quantitative estimate of drug-likeness (QED) is 0.281. The van der Waals surface area contributed by atoms with Crippen LogP contribution in [0.4, 0.5) is 4.39 Å². The Kier molecular flexibility index (Phi) is 7.05. The van der Waals surface area contributed by atoms with Crippen LogP contribution in [0.1, 0.15) is 41.7 Å². The fourth-order valence-corrected chi connectivity index (χ4v) is 2.97. The van der Waals surface area contributed by atoms with E-state index in [1.807, 2.05) is 50.2 Å². The summed E-state index contributed by atoms with van der Waals surface area (Å²) >= 11 is 0. The third-order valence-corrected chi connectivity index (χ3v) is 4.50. The molecule has 146 valence electrons. The highest BCUT2D eigenvalue weighted by molar-refractivity contribution is 5.93. The van der Waals surface area contributed by atoms with Gasteiger partial charge in [-0.15, -0.1) is 0 Å². The van der Waals surface area contributed by atoms with Crippen molar-refractivity contribution in [2.24, 2.45) is 0 Å². The molecular weight excluding hydrogens is 367 g/mol. The molecule has 4 rings (SSSR count). The lowest BCUT2D eigenvalue weighted by Crippen LogP contribution is -1.85. The molecule has 0 saturated heterocycles. The number of hydrogen-bond acceptors (Lipinski definition) is 0. The Hall–Kier alpha value is -3.81. The van der Waals surface area contributed by atoms with Gasteiger partial charge in [0.1, 0.15) is 5.82 Å². The maximum Gasteiger partial charge on any atom is 0.123 e. The molecule has 0 aromatic heterocycles. The summed E-state index contributed by atoms with van der Waals surface area (Å²) in [6.07, 6.45) is 0. The molecule has 0 spiro atoms. The van der Waals surface area contributed by atoms with E-state index >= 15 is 0 Å². The van der Waals surface area contributed by atoms with Crippen LogP contribution in [0.5, 0.6) is 0 Å². The van der Waals surface area contributed by atoms with Crippen molar-refractivity contribution in [1.82, 2.24) is 0 Å². The molecule has 1 heteroatoms. The van der Waals surface area contributed by atoms with Crippen LogP contribution in [0, 0.1) is 36.4 Å². The molecular formula is C29H23F. The number of hydrogen-bond donors (Lipinski definition) is 0. The summed E-state index contributed by atoms with van der Waals surface area (Å²) in [7, 11) is 0. The first-order chi connectivity index (χ1) is 14.7. The number of fused-ring (bicyclic) bond motifs is 1. The molecule has 0 nitrogen and oxygen atoms in total. The predicted molar refractivity (Wildman–Crippen MR) is 125 cm³/mol. The lowest BCUT2D eigenvalue weighted by Gasteiger charge is -2.03. The molecule has 0 unspecified atom stereocenters. The first-order valence-corrected chi connectivity index (χ1v) is 10.1. The lowest BCUT2D eigenvalue weighted by molar-refractivity contribution is 0.627. The van der Waals surface area contributed by atoms with Crippen LogP contribution in [0.15, 0.2) is 84.9 Å². The molecule has 0 aliphatic rings. The van der Waals surface area contributed by atoms with Crippen molar-refractivity contribution in [3.63, 3.8) is 0 Å². The van der Waals surface area contributed by atoms with Gasteiger partial charge in [0.25, 0.3) is 0 Å². The van der Waals surface area contributed by atoms with E-state index in [4.69, 9.17) is 0 Å². The summed E-state index contributed by atoms with van der Waals surface area (Å²) in [4.78, 5) is 0. The van der Waals surface area contributed by atoms with Gasteiger partial charge in [-0.2, -0.15) is 0 Å². The average Bonchev–Trinajstić information content (AvgIpc) is 2.80. The van der Waals surface area contributed by atoms with E-state index in [2.05, 4.69) is 54.9 Å². The number of halogens is 1. The van der Waals surface area contributed by atoms with E-state index in [1.54, 1.807) is 12.1 Å². The summed E-state index contributed by atoms with van der Waals surface area (Å²) < 4.78 is 13.1. The van der Waals surface area contributed by atoms with Crippen LogP contribution in [0.3, 0.4) is 0 Å². The van der Waals surface area contributed by atoms with Gasteiger partial charge in [0.2, 0.25) is 0 Å². The second-order valence-corrected chi connectivity index (χ2v) is 6.58. The zero-order valence-corrected chi connectivity index (χ0v) is 17.5. The number of benzene rings is 4. The lowest BCUT2D eigenvalue weighted by atomic mass is 9.99. The second kappa shape index (κ2) is 10.1. The summed E-state index contributed by atoms with van der Waals surface area (Å²) in [5.74, 6) is 12.6. The molecule has 0 saturated carbocycles. The Balaban J connectivity index is 0.00000124. The molecule has 0 aliphatic heterocycles. The Bertz CT molecular complexity index is 1150. The van der Waals surface area contributed by atoms with Crippen LogP contribution < -0.4 is 0 Å². The third-order valence-electron chi connectivity index (χ3n) is 4.50. The Morgan fingerprint density at radius 2 is 0.967 bits per heavy atom. The van der Waals surface area contributed by atoms with Gasteiger partial charge in [0.15, 0.2) is 0 Å². The minimum absolute atomic E-state index is 0.257. The Morgan fingerprint density at radius 3 is 1.43 bits per heavy atom. The van der Waals surface area contributed by atoms with E-state index in [0.29, 0.717) is 0 Å². The smallest absolute Gasteiger partial charge is 0.123 e. The highest BCUT2D eigenvalue weighted by Gasteiger charge is 2.02. The topological polar surface area (TPSA) is 0 Å². The second-order valence-electron chi connectivity index (χ2n) is 6.58. The van der Waals surface area contributed by atoms with Gasteiger partial charge in [-0.25, -0.2) is 4.39 Å². The van der Waals surface area contributed by atoms with Crippen LogP contribution in [-0.2, 0) is 0 Å². The fourth-order valence-electron chi connectivity index (χ4n) is 2.97. The van der Waals surface area contributed by atoms with Crippen molar-refractivity contribution in [3.8, 4) is 23.7 Å². The Morgan fingerprint density at radius 1 is 0.533 bits per heavy atom. The zero-order chi connectivity index (χ0) is 21.3. The highest BCUT2D eigenvalue weighted by atomic mass is 19.1. The molecule has 0 heterocycles. The minimum atomic E-state index is -0.257. The molecule has 0 aliphatic carbocycles. The van der Waals surface area contributed by atoms with Crippen molar-refractivity contribution < 1.29 is 4.39 Å². The van der Waals surface area contributed by atoms with Crippen molar-refractivity contribution in [3.05, 3.63) is 119 Å². The van der Waals surface area contributed by atoms with Gasteiger partial charge < -0.3 is 0 Å². The SMILES string of the molecule is CC.Cc1ccc(C#Cc2ccc(C#Cc3ccc(F)cc3)c3ccccc23)cc1. The summed E-state index contributed by atoms with van der Waals surface area (Å²) in [6.45, 7) is 6.07. The zero-order valence-electron chi connectivity index (χ0n) is 17.5. The summed E-state index contributed by atoms with van der Waals surface area (Å²) in [6, 6.07) is 26.6. The molecule has 4 aromatic rings. The maximum atomic E-state index is 13.1. The summed E-state index contributed by atoms with van der Waals surface area (Å²) in [5, 5.41) is 2.14. The van der Waals surface area contributed by atoms with Crippen molar-refractivity contribution in [1.29, 1.82) is 0 Å². The minimum Gasteiger partial charge on any atom is -0.207 e. The van der Waals surface area contributed by atoms with Gasteiger partial charge in [-0.05, 0) is 66.2 Å². The standard InChI is InChI=1S/C27H17F.C2H6/c1-20-6-8-21(9-7-20)10-14-23-16-17-24(27-5-3-2-4-26(23)27)15-11-22-12-18-25(28)19-13-22;1-2/h2-9,12-13,16-19H,1H3;1-2H3. The van der Waals surface area contributed by atoms with Gasteiger partial charge in [0, 0.05) is 22.3 Å². The van der Waals surface area contributed by atoms with Crippen LogP contribution in [0.2, 0.25) is 0 Å². The first kappa shape index (κ1) is 20.9. The van der Waals surface area contributed by atoms with Gasteiger partial charge in [-0.1, -0.05) is 79.5 Å². The van der Waals surface area contributed by atoms with Gasteiger partial charge in [-0.3, -0.25) is 0 Å². The van der Waals surface area contributed by atoms with E-state index < -0.39 is 0 Å². The van der Waals surface area contributed by atoms with E-state index in [1.165, 1.54) is 17.7 Å². The van der Waals surface area contributed by atoms with Crippen molar-refractivity contribution in [2.75, 3.05) is 0 Å². The van der Waals surface area contributed by atoms with E-state index in [0.717, 1.165) is 33.0 Å². The van der Waals surface area contributed by atoms with Gasteiger partial charge in [0.05, 0.1) is 0 Å². The van der Waals surface area contributed by atoms with Crippen LogP contribution >= 0.6 is 0 Å². The van der Waals surface area contributed by atoms with E-state index in [-0.39, 0.29) is 5.82 Å². The molecule has 0 bridgehead atoms. The van der Waals surface area contributed by atoms with Gasteiger partial charge >= 0.3 is 0 Å².